The zero-order valence-electron chi connectivity index (χ0n) is 13.9. The maximum absolute atomic E-state index is 12.6. The van der Waals surface area contributed by atoms with Gasteiger partial charge in [-0.05, 0) is 56.9 Å². The minimum Gasteiger partial charge on any atom is -0.388 e. The van der Waals surface area contributed by atoms with Gasteiger partial charge in [0.25, 0.3) is 0 Å². The molecule has 0 radical (unpaired) electrons. The lowest BCUT2D eigenvalue weighted by atomic mass is 9.71. The van der Waals surface area contributed by atoms with E-state index < -0.39 is 5.60 Å². The molecule has 0 aromatic rings. The Morgan fingerprint density at radius 2 is 1.86 bits per heavy atom. The van der Waals surface area contributed by atoms with Gasteiger partial charge in [0.05, 0.1) is 11.0 Å². The van der Waals surface area contributed by atoms with Gasteiger partial charge in [-0.3, -0.25) is 4.79 Å². The zero-order valence-corrected chi connectivity index (χ0v) is 13.9. The number of hydrogen-bond donors (Lipinski definition) is 3. The number of carbonyl (C=O) groups is 1. The highest BCUT2D eigenvalue weighted by molar-refractivity contribution is 5.83. The first-order valence-corrected chi connectivity index (χ1v) is 8.52. The Balaban J connectivity index is 1.88. The lowest BCUT2D eigenvalue weighted by Gasteiger charge is -2.41. The van der Waals surface area contributed by atoms with Crippen molar-refractivity contribution in [2.45, 2.75) is 71.3 Å². The number of carbonyl (C=O) groups excluding carboxylic acids is 1. The van der Waals surface area contributed by atoms with Gasteiger partial charge in [-0.15, -0.1) is 0 Å². The van der Waals surface area contributed by atoms with Crippen LogP contribution in [0.15, 0.2) is 0 Å². The molecule has 0 aromatic heterocycles. The first-order valence-electron chi connectivity index (χ1n) is 8.52. The molecular weight excluding hydrogens is 264 g/mol. The minimum absolute atomic E-state index is 0.121. The summed E-state index contributed by atoms with van der Waals surface area (Å²) >= 11 is 0. The van der Waals surface area contributed by atoms with Crippen LogP contribution in [0.4, 0.5) is 0 Å². The summed E-state index contributed by atoms with van der Waals surface area (Å²) in [6.45, 7) is 8.78. The molecule has 21 heavy (non-hydrogen) atoms. The van der Waals surface area contributed by atoms with Gasteiger partial charge < -0.3 is 15.7 Å². The molecular formula is C17H32N2O2. The number of rotatable bonds is 4. The van der Waals surface area contributed by atoms with Crippen molar-refractivity contribution in [1.82, 2.24) is 10.6 Å². The molecule has 1 unspecified atom stereocenters. The van der Waals surface area contributed by atoms with Gasteiger partial charge >= 0.3 is 0 Å². The monoisotopic (exact) mass is 296 g/mol. The van der Waals surface area contributed by atoms with Crippen LogP contribution < -0.4 is 10.6 Å². The fraction of sp³-hybridized carbons (Fsp3) is 0.941. The van der Waals surface area contributed by atoms with Crippen molar-refractivity contribution in [2.24, 2.45) is 10.8 Å². The van der Waals surface area contributed by atoms with Crippen LogP contribution in [0.25, 0.3) is 0 Å². The predicted molar refractivity (Wildman–Crippen MR) is 85.0 cm³/mol. The molecule has 1 aliphatic heterocycles. The van der Waals surface area contributed by atoms with E-state index in [1.807, 2.05) is 0 Å². The minimum atomic E-state index is -0.706. The van der Waals surface area contributed by atoms with E-state index in [1.165, 1.54) is 0 Å². The van der Waals surface area contributed by atoms with Crippen molar-refractivity contribution < 1.29 is 9.90 Å². The second kappa shape index (κ2) is 6.25. The summed E-state index contributed by atoms with van der Waals surface area (Å²) in [5, 5.41) is 17.1. The molecule has 1 saturated carbocycles. The van der Waals surface area contributed by atoms with Crippen molar-refractivity contribution in [1.29, 1.82) is 0 Å². The molecule has 2 aliphatic rings. The van der Waals surface area contributed by atoms with Crippen LogP contribution in [-0.4, -0.2) is 36.2 Å². The first kappa shape index (κ1) is 16.8. The van der Waals surface area contributed by atoms with Gasteiger partial charge in [0.2, 0.25) is 5.91 Å². The lowest BCUT2D eigenvalue weighted by molar-refractivity contribution is -0.134. The van der Waals surface area contributed by atoms with Gasteiger partial charge in [-0.2, -0.15) is 0 Å². The summed E-state index contributed by atoms with van der Waals surface area (Å²) in [5.74, 6) is 0.121. The third-order valence-electron chi connectivity index (χ3n) is 5.74. The molecule has 0 aromatic carbocycles. The maximum atomic E-state index is 12.6. The summed E-state index contributed by atoms with van der Waals surface area (Å²) in [6.07, 6.45) is 6.50. The molecule has 1 amide bonds. The molecule has 1 atom stereocenters. The van der Waals surface area contributed by atoms with E-state index in [0.717, 1.165) is 58.0 Å². The molecule has 2 rings (SSSR count). The highest BCUT2D eigenvalue weighted by atomic mass is 16.3. The van der Waals surface area contributed by atoms with E-state index in [0.29, 0.717) is 12.0 Å². The normalized spacial score (nSPS) is 31.6. The summed E-state index contributed by atoms with van der Waals surface area (Å²) in [5.41, 5.74) is -0.654. The van der Waals surface area contributed by atoms with Crippen molar-refractivity contribution in [3.63, 3.8) is 0 Å². The Morgan fingerprint density at radius 3 is 2.38 bits per heavy atom. The summed E-state index contributed by atoms with van der Waals surface area (Å²) in [4.78, 5) is 12.6. The smallest absolute Gasteiger partial charge is 0.227 e. The third-order valence-corrected chi connectivity index (χ3v) is 5.74. The Hall–Kier alpha value is -0.610. The lowest BCUT2D eigenvalue weighted by Crippen LogP contribution is -2.54. The van der Waals surface area contributed by atoms with Crippen LogP contribution >= 0.6 is 0 Å². The predicted octanol–water partition coefficient (Wildman–Crippen LogP) is 2.21. The summed E-state index contributed by atoms with van der Waals surface area (Å²) in [7, 11) is 0. The molecule has 1 saturated heterocycles. The van der Waals surface area contributed by atoms with Crippen molar-refractivity contribution in [2.75, 3.05) is 19.6 Å². The first-order chi connectivity index (χ1) is 9.81. The Bertz CT molecular complexity index is 363. The third kappa shape index (κ3) is 3.98. The fourth-order valence-electron chi connectivity index (χ4n) is 3.63. The van der Waals surface area contributed by atoms with Crippen molar-refractivity contribution >= 4 is 5.91 Å². The van der Waals surface area contributed by atoms with E-state index in [-0.39, 0.29) is 11.3 Å². The van der Waals surface area contributed by atoms with E-state index >= 15 is 0 Å². The maximum Gasteiger partial charge on any atom is 0.227 e. The van der Waals surface area contributed by atoms with Crippen LogP contribution in [0.1, 0.15) is 65.7 Å². The molecule has 2 fully saturated rings. The molecule has 4 heteroatoms. The van der Waals surface area contributed by atoms with Crippen LogP contribution in [0.3, 0.4) is 0 Å². The highest BCUT2D eigenvalue weighted by Crippen LogP contribution is 2.40. The molecule has 122 valence electrons. The summed E-state index contributed by atoms with van der Waals surface area (Å²) in [6, 6.07) is 0. The average Bonchev–Trinajstić information content (AvgIpc) is 2.49. The topological polar surface area (TPSA) is 61.4 Å². The van der Waals surface area contributed by atoms with E-state index in [9.17, 15) is 9.90 Å². The van der Waals surface area contributed by atoms with Gasteiger partial charge in [-0.25, -0.2) is 0 Å². The SMILES string of the molecule is CCC1(C(=O)NCC2(O)CCC(C)(C)CC2)CCCNC1. The number of aliphatic hydroxyl groups is 1. The largest absolute Gasteiger partial charge is 0.388 e. The molecule has 1 heterocycles. The van der Waals surface area contributed by atoms with Crippen LogP contribution in [-0.2, 0) is 4.79 Å². The van der Waals surface area contributed by atoms with Crippen LogP contribution in [0, 0.1) is 10.8 Å². The van der Waals surface area contributed by atoms with Gasteiger partial charge in [0.15, 0.2) is 0 Å². The van der Waals surface area contributed by atoms with Gasteiger partial charge in [0.1, 0.15) is 0 Å². The zero-order chi connectivity index (χ0) is 15.6. The van der Waals surface area contributed by atoms with Crippen molar-refractivity contribution in [3.05, 3.63) is 0 Å². The molecule has 3 N–H and O–H groups in total. The Morgan fingerprint density at radius 1 is 1.19 bits per heavy atom. The molecule has 4 nitrogen and oxygen atoms in total. The summed E-state index contributed by atoms with van der Waals surface area (Å²) < 4.78 is 0. The fourth-order valence-corrected chi connectivity index (χ4v) is 3.63. The Labute approximate surface area is 129 Å². The quantitative estimate of drug-likeness (QED) is 0.745. The second-order valence-electron chi connectivity index (χ2n) is 7.99. The average molecular weight is 296 g/mol. The van der Waals surface area contributed by atoms with E-state index in [4.69, 9.17) is 0 Å². The van der Waals surface area contributed by atoms with Gasteiger partial charge in [-0.1, -0.05) is 20.8 Å². The van der Waals surface area contributed by atoms with Crippen LogP contribution in [0.2, 0.25) is 0 Å². The standard InChI is InChI=1S/C17H32N2O2/c1-4-16(6-5-11-18-12-16)14(20)19-13-17(21)9-7-15(2,3)8-10-17/h18,21H,4-13H2,1-3H3,(H,19,20). The van der Waals surface area contributed by atoms with E-state index in [2.05, 4.69) is 31.4 Å². The number of amides is 1. The number of hydrogen-bond acceptors (Lipinski definition) is 3. The second-order valence-corrected chi connectivity index (χ2v) is 7.99. The molecule has 1 aliphatic carbocycles. The highest BCUT2D eigenvalue weighted by Gasteiger charge is 2.41. The Kier molecular flexibility index (Phi) is 4.99. The van der Waals surface area contributed by atoms with Crippen LogP contribution in [0.5, 0.6) is 0 Å². The van der Waals surface area contributed by atoms with E-state index in [1.54, 1.807) is 0 Å². The number of piperidine rings is 1. The number of nitrogens with one attached hydrogen (secondary N) is 2. The van der Waals surface area contributed by atoms with Gasteiger partial charge in [0, 0.05) is 13.1 Å². The molecule has 0 spiro atoms. The van der Waals surface area contributed by atoms with Crippen molar-refractivity contribution in [3.8, 4) is 0 Å². The molecule has 0 bridgehead atoms.